The van der Waals surface area contributed by atoms with Crippen molar-refractivity contribution in [1.29, 1.82) is 0 Å². The van der Waals surface area contributed by atoms with Crippen molar-refractivity contribution in [3.8, 4) is 17.0 Å². The number of ether oxygens (including phenoxy) is 1. The molecule has 9 heteroatoms. The van der Waals surface area contributed by atoms with Crippen LogP contribution in [0.1, 0.15) is 5.56 Å². The lowest BCUT2D eigenvalue weighted by Crippen LogP contribution is -2.09. The molecule has 2 N–H and O–H groups in total. The molecule has 0 aliphatic carbocycles. The van der Waals surface area contributed by atoms with Crippen molar-refractivity contribution in [1.82, 2.24) is 9.97 Å². The van der Waals surface area contributed by atoms with Gasteiger partial charge in [0.25, 0.3) is 5.69 Å². The Morgan fingerprint density at radius 1 is 1.21 bits per heavy atom. The van der Waals surface area contributed by atoms with Crippen molar-refractivity contribution >= 4 is 23.3 Å². The summed E-state index contributed by atoms with van der Waals surface area (Å²) in [6.07, 6.45) is 1.58. The summed E-state index contributed by atoms with van der Waals surface area (Å²) < 4.78 is 5.11. The van der Waals surface area contributed by atoms with Crippen molar-refractivity contribution in [3.63, 3.8) is 0 Å². The fraction of sp³-hybridized carbons (Fsp3) is 0.105. The highest BCUT2D eigenvalue weighted by Gasteiger charge is 2.10. The normalized spacial score (nSPS) is 10.3. The summed E-state index contributed by atoms with van der Waals surface area (Å²) in [5, 5.41) is 22.6. The molecule has 0 atom stereocenters. The zero-order valence-electron chi connectivity index (χ0n) is 14.8. The van der Waals surface area contributed by atoms with Crippen LogP contribution in [0.3, 0.4) is 0 Å². The second-order valence-electron chi connectivity index (χ2n) is 5.85. The molecule has 0 fully saturated rings. The molecular formula is C19H16N4O5. The lowest BCUT2D eigenvalue weighted by atomic mass is 10.1. The second-order valence-corrected chi connectivity index (χ2v) is 5.85. The number of hydrogen-bond donors (Lipinski definition) is 2. The summed E-state index contributed by atoms with van der Waals surface area (Å²) in [5.74, 6) is -0.315. The summed E-state index contributed by atoms with van der Waals surface area (Å²) >= 11 is 0. The van der Waals surface area contributed by atoms with E-state index in [4.69, 9.17) is 9.84 Å². The Hall–Kier alpha value is -4.01. The molecule has 9 nitrogen and oxygen atoms in total. The van der Waals surface area contributed by atoms with Crippen LogP contribution in [0.4, 0.5) is 17.3 Å². The highest BCUT2D eigenvalue weighted by atomic mass is 16.6. The Kier molecular flexibility index (Phi) is 5.45. The summed E-state index contributed by atoms with van der Waals surface area (Å²) in [7, 11) is 0. The lowest BCUT2D eigenvalue weighted by Gasteiger charge is -2.09. The largest absolute Gasteiger partial charge is 0.482 e. The van der Waals surface area contributed by atoms with Crippen molar-refractivity contribution in [2.45, 2.75) is 6.92 Å². The van der Waals surface area contributed by atoms with Gasteiger partial charge in [0.15, 0.2) is 6.61 Å². The molecule has 1 aromatic heterocycles. The Morgan fingerprint density at radius 3 is 2.64 bits per heavy atom. The van der Waals surface area contributed by atoms with Crippen LogP contribution >= 0.6 is 0 Å². The number of rotatable bonds is 7. The number of nitrogens with one attached hydrogen (secondary N) is 1. The van der Waals surface area contributed by atoms with E-state index in [9.17, 15) is 14.9 Å². The van der Waals surface area contributed by atoms with Gasteiger partial charge in [-0.15, -0.1) is 0 Å². The van der Waals surface area contributed by atoms with Gasteiger partial charge in [0.2, 0.25) is 5.95 Å². The number of carboxylic acid groups (broad SMARTS) is 1. The summed E-state index contributed by atoms with van der Waals surface area (Å²) in [5.41, 5.74) is 2.75. The minimum absolute atomic E-state index is 0.0267. The third-order valence-corrected chi connectivity index (χ3v) is 3.85. The van der Waals surface area contributed by atoms with E-state index in [2.05, 4.69) is 15.3 Å². The lowest BCUT2D eigenvalue weighted by molar-refractivity contribution is -0.384. The molecule has 3 aromatic rings. The predicted molar refractivity (Wildman–Crippen MR) is 102 cm³/mol. The maximum atomic E-state index is 11.0. The molecule has 0 aliphatic rings. The van der Waals surface area contributed by atoms with Gasteiger partial charge in [0.05, 0.1) is 16.3 Å². The average Bonchev–Trinajstić information content (AvgIpc) is 2.68. The fourth-order valence-corrected chi connectivity index (χ4v) is 2.43. The molecule has 0 radical (unpaired) electrons. The quantitative estimate of drug-likeness (QED) is 0.470. The van der Waals surface area contributed by atoms with Gasteiger partial charge in [-0.05, 0) is 42.8 Å². The third kappa shape index (κ3) is 4.58. The maximum absolute atomic E-state index is 11.0. The number of non-ortho nitro benzene ring substituents is 1. The predicted octanol–water partition coefficient (Wildman–Crippen LogP) is 3.57. The Balaban J connectivity index is 1.80. The fourth-order valence-electron chi connectivity index (χ4n) is 2.43. The Labute approximate surface area is 159 Å². The van der Waals surface area contributed by atoms with E-state index in [1.165, 1.54) is 12.1 Å². The van der Waals surface area contributed by atoms with Gasteiger partial charge < -0.3 is 15.2 Å². The van der Waals surface area contributed by atoms with Crippen LogP contribution in [-0.4, -0.2) is 32.6 Å². The van der Waals surface area contributed by atoms with Crippen LogP contribution in [0.5, 0.6) is 5.75 Å². The van der Waals surface area contributed by atoms with E-state index in [1.807, 2.05) is 6.92 Å². The van der Waals surface area contributed by atoms with E-state index in [0.717, 1.165) is 11.1 Å². The molecule has 0 saturated heterocycles. The molecule has 142 valence electrons. The monoisotopic (exact) mass is 380 g/mol. The highest BCUT2D eigenvalue weighted by molar-refractivity contribution is 5.69. The van der Waals surface area contributed by atoms with Gasteiger partial charge in [-0.1, -0.05) is 6.07 Å². The molecule has 0 unspecified atom stereocenters. The van der Waals surface area contributed by atoms with Crippen LogP contribution in [0.25, 0.3) is 11.3 Å². The minimum atomic E-state index is -1.05. The molecule has 28 heavy (non-hydrogen) atoms. The zero-order valence-corrected chi connectivity index (χ0v) is 14.8. The number of hydrogen-bond acceptors (Lipinski definition) is 7. The van der Waals surface area contributed by atoms with E-state index in [0.29, 0.717) is 23.1 Å². The minimum Gasteiger partial charge on any atom is -0.482 e. The van der Waals surface area contributed by atoms with Crippen LogP contribution < -0.4 is 10.1 Å². The average molecular weight is 380 g/mol. The number of benzene rings is 2. The standard InChI is InChI=1S/C19H16N4O5/c1-12-2-5-14(23(26)27)10-17(12)22-19-20-9-8-16(21-19)13-3-6-15(7-4-13)28-11-18(24)25/h2-10H,11H2,1H3,(H,24,25)(H,20,21,22). The van der Waals surface area contributed by atoms with Crippen molar-refractivity contribution in [2.24, 2.45) is 0 Å². The summed E-state index contributed by atoms with van der Waals surface area (Å²) in [6, 6.07) is 13.0. The highest BCUT2D eigenvalue weighted by Crippen LogP contribution is 2.26. The van der Waals surface area contributed by atoms with Crippen molar-refractivity contribution in [2.75, 3.05) is 11.9 Å². The molecule has 0 spiro atoms. The van der Waals surface area contributed by atoms with E-state index in [1.54, 1.807) is 42.6 Å². The number of nitro benzene ring substituents is 1. The second kappa shape index (κ2) is 8.12. The number of anilines is 2. The summed E-state index contributed by atoms with van der Waals surface area (Å²) in [6.45, 7) is 1.41. The number of carbonyl (C=O) groups is 1. The van der Waals surface area contributed by atoms with Gasteiger partial charge in [0.1, 0.15) is 5.75 Å². The first-order valence-corrected chi connectivity index (χ1v) is 8.22. The van der Waals surface area contributed by atoms with E-state index >= 15 is 0 Å². The van der Waals surface area contributed by atoms with E-state index in [-0.39, 0.29) is 5.69 Å². The summed E-state index contributed by atoms with van der Waals surface area (Å²) in [4.78, 5) is 29.6. The number of nitrogens with zero attached hydrogens (tertiary/aromatic N) is 3. The van der Waals surface area contributed by atoms with Gasteiger partial charge in [-0.25, -0.2) is 14.8 Å². The maximum Gasteiger partial charge on any atom is 0.341 e. The first-order chi connectivity index (χ1) is 13.4. The molecule has 0 saturated carbocycles. The number of nitro groups is 1. The van der Waals surface area contributed by atoms with Crippen LogP contribution in [0.15, 0.2) is 54.7 Å². The molecule has 3 rings (SSSR count). The molecular weight excluding hydrogens is 364 g/mol. The van der Waals surface area contributed by atoms with Crippen LogP contribution in [0, 0.1) is 17.0 Å². The first kappa shape index (κ1) is 18.8. The zero-order chi connectivity index (χ0) is 20.1. The molecule has 0 amide bonds. The molecule has 0 bridgehead atoms. The first-order valence-electron chi connectivity index (χ1n) is 8.22. The number of aliphatic carboxylic acids is 1. The van der Waals surface area contributed by atoms with E-state index < -0.39 is 17.5 Å². The van der Waals surface area contributed by atoms with Gasteiger partial charge in [-0.2, -0.15) is 0 Å². The van der Waals surface area contributed by atoms with Gasteiger partial charge in [-0.3, -0.25) is 10.1 Å². The Morgan fingerprint density at radius 2 is 1.96 bits per heavy atom. The number of aryl methyl sites for hydroxylation is 1. The van der Waals surface area contributed by atoms with Crippen LogP contribution in [0.2, 0.25) is 0 Å². The molecule has 2 aromatic carbocycles. The smallest absolute Gasteiger partial charge is 0.341 e. The van der Waals surface area contributed by atoms with Crippen molar-refractivity contribution < 1.29 is 19.6 Å². The molecule has 0 aliphatic heterocycles. The van der Waals surface area contributed by atoms with Crippen molar-refractivity contribution in [3.05, 3.63) is 70.4 Å². The third-order valence-electron chi connectivity index (χ3n) is 3.85. The van der Waals surface area contributed by atoms with Gasteiger partial charge >= 0.3 is 5.97 Å². The SMILES string of the molecule is Cc1ccc([N+](=O)[O-])cc1Nc1nccc(-c2ccc(OCC(=O)O)cc2)n1. The van der Waals surface area contributed by atoms with Gasteiger partial charge in [0, 0.05) is 23.9 Å². The number of aromatic nitrogens is 2. The topological polar surface area (TPSA) is 127 Å². The van der Waals surface area contributed by atoms with Crippen LogP contribution in [-0.2, 0) is 4.79 Å². The number of carboxylic acids is 1. The Bertz CT molecular complexity index is 1020. The molecule has 1 heterocycles.